The summed E-state index contributed by atoms with van der Waals surface area (Å²) in [6.07, 6.45) is 4.62. The van der Waals surface area contributed by atoms with Gasteiger partial charge in [0.1, 0.15) is 11.9 Å². The van der Waals surface area contributed by atoms with Gasteiger partial charge in [0.25, 0.3) is 0 Å². The summed E-state index contributed by atoms with van der Waals surface area (Å²) in [5, 5.41) is 3.04. The zero-order valence-corrected chi connectivity index (χ0v) is 14.7. The third-order valence-corrected chi connectivity index (χ3v) is 5.42. The molecule has 3 aliphatic heterocycles. The molecule has 25 heavy (non-hydrogen) atoms. The predicted octanol–water partition coefficient (Wildman–Crippen LogP) is 2.56. The number of urea groups is 1. The van der Waals surface area contributed by atoms with Gasteiger partial charge >= 0.3 is 6.03 Å². The Bertz CT molecular complexity index is 597. The van der Waals surface area contributed by atoms with Gasteiger partial charge in [0.2, 0.25) is 0 Å². The number of nitrogens with zero attached hydrogens (tertiary/aromatic N) is 2. The Balaban J connectivity index is 1.36. The molecule has 136 valence electrons. The number of anilines is 1. The molecule has 0 aromatic heterocycles. The highest BCUT2D eigenvalue weighted by molar-refractivity contribution is 5.91. The SMILES string of the molecule is O=C(Nc1ccccc1OC1CCOC1)N1CCC(N2CCCC2)C1. The third kappa shape index (κ3) is 3.90. The van der Waals surface area contributed by atoms with Gasteiger partial charge in [-0.05, 0) is 44.5 Å². The van der Waals surface area contributed by atoms with Crippen molar-refractivity contribution in [2.24, 2.45) is 0 Å². The van der Waals surface area contributed by atoms with Crippen LogP contribution in [0.4, 0.5) is 10.5 Å². The van der Waals surface area contributed by atoms with Gasteiger partial charge in [0.05, 0.1) is 18.9 Å². The van der Waals surface area contributed by atoms with Crippen LogP contribution in [0.5, 0.6) is 5.75 Å². The fraction of sp³-hybridized carbons (Fsp3) is 0.632. The van der Waals surface area contributed by atoms with Gasteiger partial charge in [-0.3, -0.25) is 4.90 Å². The monoisotopic (exact) mass is 345 g/mol. The topological polar surface area (TPSA) is 54.0 Å². The molecule has 3 aliphatic rings. The number of ether oxygens (including phenoxy) is 2. The van der Waals surface area contributed by atoms with Crippen molar-refractivity contribution in [2.45, 2.75) is 37.8 Å². The summed E-state index contributed by atoms with van der Waals surface area (Å²) >= 11 is 0. The zero-order valence-electron chi connectivity index (χ0n) is 14.7. The Morgan fingerprint density at radius 2 is 2.00 bits per heavy atom. The Morgan fingerprint density at radius 1 is 1.16 bits per heavy atom. The lowest BCUT2D eigenvalue weighted by atomic mass is 10.2. The molecule has 4 rings (SSSR count). The minimum absolute atomic E-state index is 0.0274. The molecule has 2 unspecified atom stereocenters. The maximum absolute atomic E-state index is 12.7. The quantitative estimate of drug-likeness (QED) is 0.911. The minimum Gasteiger partial charge on any atom is -0.486 e. The molecule has 0 saturated carbocycles. The van der Waals surface area contributed by atoms with E-state index in [9.17, 15) is 4.79 Å². The van der Waals surface area contributed by atoms with Gasteiger partial charge in [-0.2, -0.15) is 0 Å². The average molecular weight is 345 g/mol. The second-order valence-corrected chi connectivity index (χ2v) is 7.16. The molecule has 6 heteroatoms. The van der Waals surface area contributed by atoms with Gasteiger partial charge in [-0.15, -0.1) is 0 Å². The van der Waals surface area contributed by atoms with Crippen molar-refractivity contribution >= 4 is 11.7 Å². The van der Waals surface area contributed by atoms with Crippen LogP contribution in [-0.2, 0) is 4.74 Å². The van der Waals surface area contributed by atoms with Crippen LogP contribution >= 0.6 is 0 Å². The number of benzene rings is 1. The van der Waals surface area contributed by atoms with Crippen molar-refractivity contribution in [3.05, 3.63) is 24.3 Å². The predicted molar refractivity (Wildman–Crippen MR) is 96.1 cm³/mol. The lowest BCUT2D eigenvalue weighted by Gasteiger charge is -2.24. The molecule has 0 bridgehead atoms. The van der Waals surface area contributed by atoms with Crippen molar-refractivity contribution < 1.29 is 14.3 Å². The number of nitrogens with one attached hydrogen (secondary N) is 1. The van der Waals surface area contributed by atoms with Crippen LogP contribution in [0.15, 0.2) is 24.3 Å². The minimum atomic E-state index is -0.0274. The molecular formula is C19H27N3O3. The number of carbonyl (C=O) groups excluding carboxylic acids is 1. The average Bonchev–Trinajstić information content (AvgIpc) is 3.38. The second kappa shape index (κ2) is 7.62. The van der Waals surface area contributed by atoms with E-state index in [1.54, 1.807) is 0 Å². The number of hydrogen-bond donors (Lipinski definition) is 1. The molecule has 1 aromatic carbocycles. The van der Waals surface area contributed by atoms with E-state index in [0.717, 1.165) is 44.0 Å². The normalized spacial score (nSPS) is 27.0. The first-order valence-electron chi connectivity index (χ1n) is 9.43. The van der Waals surface area contributed by atoms with Gasteiger partial charge in [-0.25, -0.2) is 4.79 Å². The summed E-state index contributed by atoms with van der Waals surface area (Å²) in [5.74, 6) is 0.724. The molecule has 3 saturated heterocycles. The number of rotatable bonds is 4. The van der Waals surface area contributed by atoms with E-state index in [4.69, 9.17) is 9.47 Å². The van der Waals surface area contributed by atoms with Crippen LogP contribution in [0.3, 0.4) is 0 Å². The van der Waals surface area contributed by atoms with Crippen molar-refractivity contribution in [1.29, 1.82) is 0 Å². The first-order valence-corrected chi connectivity index (χ1v) is 9.43. The van der Waals surface area contributed by atoms with E-state index in [2.05, 4.69) is 10.2 Å². The Morgan fingerprint density at radius 3 is 2.80 bits per heavy atom. The summed E-state index contributed by atoms with van der Waals surface area (Å²) in [6, 6.07) is 8.16. The molecule has 2 atom stereocenters. The molecule has 0 aliphatic carbocycles. The summed E-state index contributed by atoms with van der Waals surface area (Å²) in [4.78, 5) is 17.1. The lowest BCUT2D eigenvalue weighted by Crippen LogP contribution is -2.38. The van der Waals surface area contributed by atoms with E-state index < -0.39 is 0 Å². The van der Waals surface area contributed by atoms with Gasteiger partial charge < -0.3 is 19.7 Å². The maximum atomic E-state index is 12.7. The molecule has 6 nitrogen and oxygen atoms in total. The van der Waals surface area contributed by atoms with Crippen LogP contribution in [0.25, 0.3) is 0 Å². The van der Waals surface area contributed by atoms with Crippen LogP contribution in [0.1, 0.15) is 25.7 Å². The van der Waals surface area contributed by atoms with E-state index in [1.807, 2.05) is 29.2 Å². The lowest BCUT2D eigenvalue weighted by molar-refractivity contribution is 0.142. The Labute approximate surface area is 149 Å². The fourth-order valence-corrected chi connectivity index (χ4v) is 3.98. The van der Waals surface area contributed by atoms with Crippen LogP contribution < -0.4 is 10.1 Å². The van der Waals surface area contributed by atoms with E-state index in [0.29, 0.717) is 12.6 Å². The highest BCUT2D eigenvalue weighted by atomic mass is 16.5. The highest BCUT2D eigenvalue weighted by Gasteiger charge is 2.31. The van der Waals surface area contributed by atoms with E-state index >= 15 is 0 Å². The second-order valence-electron chi connectivity index (χ2n) is 7.16. The fourth-order valence-electron chi connectivity index (χ4n) is 3.98. The van der Waals surface area contributed by atoms with Gasteiger partial charge in [-0.1, -0.05) is 12.1 Å². The molecule has 0 radical (unpaired) electrons. The first kappa shape index (κ1) is 16.7. The smallest absolute Gasteiger partial charge is 0.322 e. The van der Waals surface area contributed by atoms with Crippen LogP contribution in [0.2, 0.25) is 0 Å². The highest BCUT2D eigenvalue weighted by Crippen LogP contribution is 2.28. The largest absolute Gasteiger partial charge is 0.486 e. The molecule has 1 aromatic rings. The number of para-hydroxylation sites is 2. The molecule has 3 fully saturated rings. The molecule has 1 N–H and O–H groups in total. The Kier molecular flexibility index (Phi) is 5.08. The number of amides is 2. The van der Waals surface area contributed by atoms with Crippen LogP contribution in [-0.4, -0.2) is 67.4 Å². The number of hydrogen-bond acceptors (Lipinski definition) is 4. The molecule has 0 spiro atoms. The van der Waals surface area contributed by atoms with Crippen molar-refractivity contribution in [3.8, 4) is 5.75 Å². The Hall–Kier alpha value is -1.79. The number of carbonyl (C=O) groups is 1. The first-order chi connectivity index (χ1) is 12.3. The standard InChI is InChI=1S/C19H27N3O3/c23-19(22-11-7-15(13-22)21-9-3-4-10-21)20-17-5-1-2-6-18(17)25-16-8-12-24-14-16/h1-2,5-6,15-16H,3-4,7-14H2,(H,20,23). The van der Waals surface area contributed by atoms with Gasteiger partial charge in [0.15, 0.2) is 0 Å². The zero-order chi connectivity index (χ0) is 17.1. The molecular weight excluding hydrogens is 318 g/mol. The van der Waals surface area contributed by atoms with Crippen molar-refractivity contribution in [3.63, 3.8) is 0 Å². The maximum Gasteiger partial charge on any atom is 0.322 e. The van der Waals surface area contributed by atoms with E-state index in [-0.39, 0.29) is 12.1 Å². The molecule has 2 amide bonds. The number of likely N-dealkylation sites (tertiary alicyclic amines) is 2. The third-order valence-electron chi connectivity index (χ3n) is 5.42. The van der Waals surface area contributed by atoms with Crippen molar-refractivity contribution in [2.75, 3.05) is 44.7 Å². The van der Waals surface area contributed by atoms with Crippen molar-refractivity contribution in [1.82, 2.24) is 9.80 Å². The summed E-state index contributed by atoms with van der Waals surface area (Å²) in [7, 11) is 0. The summed E-state index contributed by atoms with van der Waals surface area (Å²) in [5.41, 5.74) is 0.740. The van der Waals surface area contributed by atoms with Crippen LogP contribution in [0, 0.1) is 0 Å². The summed E-state index contributed by atoms with van der Waals surface area (Å²) in [6.45, 7) is 5.37. The van der Waals surface area contributed by atoms with E-state index in [1.165, 1.54) is 25.9 Å². The summed E-state index contributed by atoms with van der Waals surface area (Å²) < 4.78 is 11.4. The molecule has 3 heterocycles. The van der Waals surface area contributed by atoms with Gasteiger partial charge in [0, 0.05) is 25.6 Å².